The van der Waals surface area contributed by atoms with Crippen molar-refractivity contribution in [1.82, 2.24) is 5.32 Å². The summed E-state index contributed by atoms with van der Waals surface area (Å²) < 4.78 is 44.9. The summed E-state index contributed by atoms with van der Waals surface area (Å²) in [5.74, 6) is -0.113. The van der Waals surface area contributed by atoms with Gasteiger partial charge in [-0.25, -0.2) is 8.42 Å². The third kappa shape index (κ3) is 13.9. The Balaban J connectivity index is 2.03. The molecule has 3 N–H and O–H groups in total. The molecule has 0 aliphatic heterocycles. The highest BCUT2D eigenvalue weighted by molar-refractivity contribution is 7.90. The molecule has 0 unspecified atom stereocenters. The molecule has 0 heterocycles. The van der Waals surface area contributed by atoms with Gasteiger partial charge in [-0.1, -0.05) is 6.07 Å². The summed E-state index contributed by atoms with van der Waals surface area (Å²) in [4.78, 5) is 11.9. The summed E-state index contributed by atoms with van der Waals surface area (Å²) >= 11 is 0. The largest absolute Gasteiger partial charge is 0.379 e. The van der Waals surface area contributed by atoms with Crippen molar-refractivity contribution in [1.29, 1.82) is 5.26 Å². The zero-order valence-corrected chi connectivity index (χ0v) is 20.0. The second-order valence-corrected chi connectivity index (χ2v) is 9.14. The number of ether oxygens (including phenoxy) is 4. The van der Waals surface area contributed by atoms with Crippen LogP contribution in [0.1, 0.15) is 24.0 Å². The van der Waals surface area contributed by atoms with Gasteiger partial charge in [-0.05, 0) is 30.5 Å². The first kappa shape index (κ1) is 29.0. The Hall–Kier alpha value is -2.07. The molecule has 1 rings (SSSR count). The smallest absolute Gasteiger partial charge is 0.222 e. The lowest BCUT2D eigenvalue weighted by Gasteiger charge is -2.08. The lowest BCUT2D eigenvalue weighted by molar-refractivity contribution is -0.122. The zero-order chi connectivity index (χ0) is 24.4. The van der Waals surface area contributed by atoms with Crippen LogP contribution in [0.25, 0.3) is 0 Å². The number of nitriles is 1. The average molecular weight is 486 g/mol. The van der Waals surface area contributed by atoms with E-state index >= 15 is 0 Å². The van der Waals surface area contributed by atoms with Gasteiger partial charge >= 0.3 is 0 Å². The molecule has 1 aromatic rings. The Labute approximate surface area is 196 Å². The van der Waals surface area contributed by atoms with Crippen LogP contribution in [-0.2, 0) is 40.0 Å². The number of carbonyl (C=O) groups is 1. The molecule has 0 aliphatic rings. The Morgan fingerprint density at radius 1 is 1.00 bits per heavy atom. The molecular weight excluding hydrogens is 450 g/mol. The number of carbonyl (C=O) groups excluding carboxylic acids is 1. The molecule has 186 valence electrons. The fourth-order valence-corrected chi connectivity index (χ4v) is 3.62. The van der Waals surface area contributed by atoms with Crippen molar-refractivity contribution in [2.45, 2.75) is 24.2 Å². The van der Waals surface area contributed by atoms with Crippen molar-refractivity contribution in [3.05, 3.63) is 29.3 Å². The monoisotopic (exact) mass is 485 g/mol. The Bertz CT molecular complexity index is 841. The van der Waals surface area contributed by atoms with Gasteiger partial charge in [-0.15, -0.1) is 0 Å². The van der Waals surface area contributed by atoms with Gasteiger partial charge in [0, 0.05) is 25.8 Å². The van der Waals surface area contributed by atoms with Crippen LogP contribution in [0.15, 0.2) is 23.1 Å². The number of amides is 1. The standard InChI is InChI=1S/C22H35N3O7S/c1-33(27,28)21-17-19(4-5-20(21)18-24)3-2-8-25-22(26)6-9-29-11-13-31-15-16-32-14-12-30-10-7-23/h4-5,17H,2-3,6-16,23H2,1H3,(H,25,26). The molecule has 0 fully saturated rings. The highest BCUT2D eigenvalue weighted by Gasteiger charge is 2.14. The van der Waals surface area contributed by atoms with E-state index in [2.05, 4.69) is 5.32 Å². The molecule has 0 aromatic heterocycles. The van der Waals surface area contributed by atoms with Gasteiger partial charge < -0.3 is 30.0 Å². The molecule has 33 heavy (non-hydrogen) atoms. The minimum absolute atomic E-state index is 0.0353. The molecule has 1 aromatic carbocycles. The number of benzene rings is 1. The predicted molar refractivity (Wildman–Crippen MR) is 123 cm³/mol. The zero-order valence-electron chi connectivity index (χ0n) is 19.2. The molecule has 0 radical (unpaired) electrons. The van der Waals surface area contributed by atoms with Gasteiger partial charge in [-0.2, -0.15) is 5.26 Å². The van der Waals surface area contributed by atoms with Crippen molar-refractivity contribution < 1.29 is 32.2 Å². The molecule has 10 nitrogen and oxygen atoms in total. The van der Waals surface area contributed by atoms with E-state index in [1.165, 1.54) is 12.1 Å². The van der Waals surface area contributed by atoms with Crippen LogP contribution >= 0.6 is 0 Å². The van der Waals surface area contributed by atoms with Crippen molar-refractivity contribution in [2.75, 3.05) is 72.2 Å². The van der Waals surface area contributed by atoms with Crippen LogP contribution in [0.2, 0.25) is 0 Å². The minimum Gasteiger partial charge on any atom is -0.379 e. The molecule has 0 spiro atoms. The fraction of sp³-hybridized carbons (Fsp3) is 0.636. The van der Waals surface area contributed by atoms with Crippen molar-refractivity contribution in [3.8, 4) is 6.07 Å². The Morgan fingerprint density at radius 3 is 2.12 bits per heavy atom. The van der Waals surface area contributed by atoms with E-state index in [0.717, 1.165) is 11.8 Å². The topological polar surface area (TPSA) is 150 Å². The quantitative estimate of drug-likeness (QED) is 0.266. The first-order chi connectivity index (χ1) is 15.9. The highest BCUT2D eigenvalue weighted by atomic mass is 32.2. The van der Waals surface area contributed by atoms with Crippen LogP contribution in [0.5, 0.6) is 0 Å². The van der Waals surface area contributed by atoms with Crippen molar-refractivity contribution in [2.24, 2.45) is 5.73 Å². The third-order valence-electron chi connectivity index (χ3n) is 4.38. The van der Waals surface area contributed by atoms with E-state index in [0.29, 0.717) is 78.8 Å². The van der Waals surface area contributed by atoms with Crippen LogP contribution < -0.4 is 11.1 Å². The van der Waals surface area contributed by atoms with E-state index in [9.17, 15) is 13.2 Å². The Kier molecular flexibility index (Phi) is 15.3. The summed E-state index contributed by atoms with van der Waals surface area (Å²) in [6, 6.07) is 6.66. The number of aryl methyl sites for hydroxylation is 1. The van der Waals surface area contributed by atoms with Crippen LogP contribution in [0, 0.1) is 11.3 Å². The number of nitrogens with one attached hydrogen (secondary N) is 1. The highest BCUT2D eigenvalue weighted by Crippen LogP contribution is 2.18. The molecule has 0 saturated carbocycles. The van der Waals surface area contributed by atoms with Gasteiger partial charge in [0.15, 0.2) is 9.84 Å². The van der Waals surface area contributed by atoms with E-state index in [1.54, 1.807) is 6.07 Å². The molecule has 0 saturated heterocycles. The van der Waals surface area contributed by atoms with E-state index in [1.807, 2.05) is 6.07 Å². The summed E-state index contributed by atoms with van der Waals surface area (Å²) in [6.07, 6.45) is 2.57. The molecular formula is C22H35N3O7S. The summed E-state index contributed by atoms with van der Waals surface area (Å²) in [5.41, 5.74) is 6.24. The maximum Gasteiger partial charge on any atom is 0.222 e. The summed E-state index contributed by atoms with van der Waals surface area (Å²) in [7, 11) is -3.47. The van der Waals surface area contributed by atoms with Gasteiger partial charge in [0.25, 0.3) is 0 Å². The number of nitrogens with two attached hydrogens (primary N) is 1. The second-order valence-electron chi connectivity index (χ2n) is 7.16. The maximum atomic E-state index is 11.9. The lowest BCUT2D eigenvalue weighted by atomic mass is 10.1. The van der Waals surface area contributed by atoms with E-state index < -0.39 is 9.84 Å². The number of sulfone groups is 1. The van der Waals surface area contributed by atoms with Crippen molar-refractivity contribution in [3.63, 3.8) is 0 Å². The van der Waals surface area contributed by atoms with Gasteiger partial charge in [0.2, 0.25) is 5.91 Å². The minimum atomic E-state index is -3.47. The molecule has 11 heteroatoms. The van der Waals surface area contributed by atoms with Gasteiger partial charge in [0.1, 0.15) is 6.07 Å². The van der Waals surface area contributed by atoms with E-state index in [4.69, 9.17) is 29.9 Å². The van der Waals surface area contributed by atoms with Crippen LogP contribution in [0.4, 0.5) is 0 Å². The third-order valence-corrected chi connectivity index (χ3v) is 5.52. The fourth-order valence-electron chi connectivity index (χ4n) is 2.74. The Morgan fingerprint density at radius 2 is 1.58 bits per heavy atom. The van der Waals surface area contributed by atoms with Gasteiger partial charge in [0.05, 0.1) is 63.3 Å². The number of nitrogens with zero attached hydrogens (tertiary/aromatic N) is 1. The number of rotatable bonds is 19. The van der Waals surface area contributed by atoms with Crippen LogP contribution in [-0.4, -0.2) is 86.5 Å². The number of hydrogen-bond acceptors (Lipinski definition) is 9. The molecule has 1 amide bonds. The maximum absolute atomic E-state index is 11.9. The second kappa shape index (κ2) is 17.4. The van der Waals surface area contributed by atoms with E-state index in [-0.39, 0.29) is 22.8 Å². The summed E-state index contributed by atoms with van der Waals surface area (Å²) in [5, 5.41) is 11.9. The normalized spacial score (nSPS) is 11.3. The predicted octanol–water partition coefficient (Wildman–Crippen LogP) is 0.426. The van der Waals surface area contributed by atoms with Gasteiger partial charge in [-0.3, -0.25) is 4.79 Å². The lowest BCUT2D eigenvalue weighted by Crippen LogP contribution is -2.26. The first-order valence-corrected chi connectivity index (χ1v) is 12.8. The molecule has 0 atom stereocenters. The summed E-state index contributed by atoms with van der Waals surface area (Å²) in [6.45, 7) is 4.58. The van der Waals surface area contributed by atoms with Crippen molar-refractivity contribution >= 4 is 15.7 Å². The number of hydrogen-bond donors (Lipinski definition) is 2. The SMILES string of the molecule is CS(=O)(=O)c1cc(CCCNC(=O)CCOCCOCCOCCOCCN)ccc1C#N. The first-order valence-electron chi connectivity index (χ1n) is 10.9. The molecule has 0 bridgehead atoms. The molecule has 0 aliphatic carbocycles. The average Bonchev–Trinajstić information content (AvgIpc) is 2.79. The van der Waals surface area contributed by atoms with Crippen LogP contribution in [0.3, 0.4) is 0 Å².